The molecule has 2 atom stereocenters. The lowest BCUT2D eigenvalue weighted by Crippen LogP contribution is -2.54. The van der Waals surface area contributed by atoms with Crippen molar-refractivity contribution in [2.45, 2.75) is 25.9 Å². The zero-order valence-corrected chi connectivity index (χ0v) is 17.1. The third-order valence-electron chi connectivity index (χ3n) is 4.78. The highest BCUT2D eigenvalue weighted by molar-refractivity contribution is 6.10. The first kappa shape index (κ1) is 21.4. The Morgan fingerprint density at radius 3 is 2.33 bits per heavy atom. The Morgan fingerprint density at radius 2 is 1.67 bits per heavy atom. The molecule has 3 N–H and O–H groups in total. The summed E-state index contributed by atoms with van der Waals surface area (Å²) in [6, 6.07) is 13.6. The van der Waals surface area contributed by atoms with Crippen LogP contribution >= 0.6 is 0 Å². The summed E-state index contributed by atoms with van der Waals surface area (Å²) in [6.07, 6.45) is 5.83. The number of carbonyl (C=O) groups excluding carboxylic acids is 2. The van der Waals surface area contributed by atoms with Crippen LogP contribution in [0.5, 0.6) is 0 Å². The molecule has 156 valence electrons. The molecule has 0 aliphatic carbocycles. The first-order valence-electron chi connectivity index (χ1n) is 9.88. The van der Waals surface area contributed by atoms with Gasteiger partial charge in [0.05, 0.1) is 11.4 Å². The number of anilines is 1. The summed E-state index contributed by atoms with van der Waals surface area (Å²) in [5, 5.41) is 12.0. The Bertz CT molecular complexity index is 960. The smallest absolute Gasteiger partial charge is 0.267 e. The third-order valence-corrected chi connectivity index (χ3v) is 4.78. The minimum atomic E-state index is -0.638. The van der Waals surface area contributed by atoms with Crippen LogP contribution in [-0.4, -0.2) is 47.1 Å². The molecule has 7 nitrogen and oxygen atoms in total. The van der Waals surface area contributed by atoms with E-state index in [2.05, 4.69) is 29.0 Å². The van der Waals surface area contributed by atoms with Gasteiger partial charge in [0.2, 0.25) is 0 Å². The molecule has 1 aliphatic rings. The van der Waals surface area contributed by atoms with Gasteiger partial charge in [-0.1, -0.05) is 18.2 Å². The molecule has 2 aromatic rings. The van der Waals surface area contributed by atoms with Gasteiger partial charge in [0.1, 0.15) is 0 Å². The van der Waals surface area contributed by atoms with Crippen molar-refractivity contribution in [3.8, 4) is 0 Å². The highest BCUT2D eigenvalue weighted by atomic mass is 16.5. The molecule has 1 aromatic heterocycles. The number of amides is 1. The number of piperazine rings is 1. The van der Waals surface area contributed by atoms with Crippen molar-refractivity contribution in [1.29, 1.82) is 0 Å². The molecule has 0 saturated carbocycles. The number of hydrogen-bond acceptors (Lipinski definition) is 6. The van der Waals surface area contributed by atoms with Crippen LogP contribution in [0.4, 0.5) is 5.69 Å². The molecular formula is C23H26N4O3. The molecule has 0 spiro atoms. The van der Waals surface area contributed by atoms with E-state index in [0.717, 1.165) is 18.8 Å². The van der Waals surface area contributed by atoms with E-state index in [0.29, 0.717) is 29.0 Å². The Labute approximate surface area is 176 Å². The van der Waals surface area contributed by atoms with Gasteiger partial charge < -0.3 is 10.2 Å². The fraction of sp³-hybridized carbons (Fsp3) is 0.261. The van der Waals surface area contributed by atoms with Crippen LogP contribution in [0.15, 0.2) is 54.6 Å². The van der Waals surface area contributed by atoms with Crippen molar-refractivity contribution in [2.75, 3.05) is 18.0 Å². The number of aromatic nitrogens is 1. The molecule has 0 unspecified atom stereocenters. The van der Waals surface area contributed by atoms with Gasteiger partial charge in [-0.2, -0.15) is 0 Å². The largest absolute Gasteiger partial charge is 0.368 e. The van der Waals surface area contributed by atoms with E-state index in [1.807, 2.05) is 24.3 Å². The maximum Gasteiger partial charge on any atom is 0.267 e. The number of hydrogen-bond donors (Lipinski definition) is 3. The van der Waals surface area contributed by atoms with E-state index >= 15 is 0 Å². The second-order valence-electron chi connectivity index (χ2n) is 7.39. The van der Waals surface area contributed by atoms with Gasteiger partial charge in [0.15, 0.2) is 5.78 Å². The van der Waals surface area contributed by atoms with Crippen LogP contribution < -0.4 is 15.7 Å². The van der Waals surface area contributed by atoms with E-state index in [-0.39, 0.29) is 5.78 Å². The fourth-order valence-electron chi connectivity index (χ4n) is 3.58. The van der Waals surface area contributed by atoms with Crippen molar-refractivity contribution in [3.05, 3.63) is 71.6 Å². The van der Waals surface area contributed by atoms with Crippen molar-refractivity contribution in [3.63, 3.8) is 0 Å². The van der Waals surface area contributed by atoms with Gasteiger partial charge in [-0.15, -0.1) is 0 Å². The lowest BCUT2D eigenvalue weighted by Gasteiger charge is -2.38. The average Bonchev–Trinajstić information content (AvgIpc) is 2.75. The maximum absolute atomic E-state index is 12.9. The predicted octanol–water partition coefficient (Wildman–Crippen LogP) is 2.68. The second kappa shape index (κ2) is 9.96. The van der Waals surface area contributed by atoms with E-state index in [1.165, 1.54) is 23.7 Å². The van der Waals surface area contributed by atoms with Crippen molar-refractivity contribution < 1.29 is 14.8 Å². The number of para-hydroxylation sites is 1. The number of pyridine rings is 1. The van der Waals surface area contributed by atoms with Crippen molar-refractivity contribution in [1.82, 2.24) is 15.8 Å². The average molecular weight is 406 g/mol. The first-order valence-corrected chi connectivity index (χ1v) is 9.88. The van der Waals surface area contributed by atoms with E-state index < -0.39 is 5.91 Å². The van der Waals surface area contributed by atoms with Gasteiger partial charge in [-0.3, -0.25) is 14.8 Å². The quantitative estimate of drug-likeness (QED) is 0.296. The number of rotatable bonds is 6. The number of carbonyl (C=O) groups is 2. The number of nitrogens with zero attached hydrogens (tertiary/aromatic N) is 2. The molecular weight excluding hydrogens is 380 g/mol. The van der Waals surface area contributed by atoms with Crippen LogP contribution in [0.1, 0.15) is 35.6 Å². The highest BCUT2D eigenvalue weighted by Gasteiger charge is 2.23. The van der Waals surface area contributed by atoms with Crippen LogP contribution in [0.2, 0.25) is 0 Å². The molecule has 0 bridgehead atoms. The number of hydroxylamine groups is 1. The summed E-state index contributed by atoms with van der Waals surface area (Å²) in [7, 11) is 0. The van der Waals surface area contributed by atoms with Crippen LogP contribution in [-0.2, 0) is 4.79 Å². The first-order chi connectivity index (χ1) is 14.5. The standard InChI is InChI=1S/C23H26N4O3/c1-16-14-27(15-17(2)24-16)21-9-4-3-8-20(21)22(28)12-10-18-6-5-7-19(25-18)11-13-23(29)26-30/h3-13,16-17,24,30H,14-15H2,1-2H3,(H,26,29)/t16-,17+. The Balaban J connectivity index is 1.78. The highest BCUT2D eigenvalue weighted by Crippen LogP contribution is 2.24. The summed E-state index contributed by atoms with van der Waals surface area (Å²) in [6.45, 7) is 5.97. The van der Waals surface area contributed by atoms with Gasteiger partial charge in [-0.05, 0) is 56.3 Å². The predicted molar refractivity (Wildman–Crippen MR) is 117 cm³/mol. The lowest BCUT2D eigenvalue weighted by molar-refractivity contribution is -0.124. The molecule has 1 fully saturated rings. The summed E-state index contributed by atoms with van der Waals surface area (Å²) < 4.78 is 0. The molecule has 1 aromatic carbocycles. The second-order valence-corrected chi connectivity index (χ2v) is 7.39. The molecule has 1 aliphatic heterocycles. The molecule has 1 amide bonds. The van der Waals surface area contributed by atoms with E-state index in [4.69, 9.17) is 5.21 Å². The Morgan fingerprint density at radius 1 is 1.03 bits per heavy atom. The molecule has 30 heavy (non-hydrogen) atoms. The van der Waals surface area contributed by atoms with E-state index in [9.17, 15) is 9.59 Å². The van der Waals surface area contributed by atoms with Gasteiger partial charge in [0, 0.05) is 42.5 Å². The van der Waals surface area contributed by atoms with Crippen molar-refractivity contribution >= 4 is 29.5 Å². The minimum Gasteiger partial charge on any atom is -0.368 e. The summed E-state index contributed by atoms with van der Waals surface area (Å²) >= 11 is 0. The van der Waals surface area contributed by atoms with E-state index in [1.54, 1.807) is 24.3 Å². The van der Waals surface area contributed by atoms with Crippen LogP contribution in [0.3, 0.4) is 0 Å². The molecule has 0 radical (unpaired) electrons. The molecule has 1 saturated heterocycles. The zero-order valence-electron chi connectivity index (χ0n) is 17.1. The van der Waals surface area contributed by atoms with Gasteiger partial charge in [-0.25, -0.2) is 10.5 Å². The number of ketones is 1. The van der Waals surface area contributed by atoms with Gasteiger partial charge in [0.25, 0.3) is 5.91 Å². The number of nitrogens with one attached hydrogen (secondary N) is 2. The Hall–Kier alpha value is -3.29. The lowest BCUT2D eigenvalue weighted by atomic mass is 10.0. The summed E-state index contributed by atoms with van der Waals surface area (Å²) in [5.41, 5.74) is 4.25. The fourth-order valence-corrected chi connectivity index (χ4v) is 3.58. The topological polar surface area (TPSA) is 94.6 Å². The number of allylic oxidation sites excluding steroid dienone is 1. The molecule has 7 heteroatoms. The monoisotopic (exact) mass is 406 g/mol. The van der Waals surface area contributed by atoms with Crippen LogP contribution in [0, 0.1) is 0 Å². The molecule has 2 heterocycles. The number of benzene rings is 1. The SMILES string of the molecule is C[C@@H]1CN(c2ccccc2C(=O)C=Cc2cccc(C=CC(=O)NO)n2)C[C@H](C)N1. The van der Waals surface area contributed by atoms with Crippen LogP contribution in [0.25, 0.3) is 12.2 Å². The molecule has 3 rings (SSSR count). The zero-order chi connectivity index (χ0) is 21.5. The summed E-state index contributed by atoms with van der Waals surface area (Å²) in [4.78, 5) is 30.7. The minimum absolute atomic E-state index is 0.0909. The Kier molecular flexibility index (Phi) is 7.11. The summed E-state index contributed by atoms with van der Waals surface area (Å²) in [5.74, 6) is -0.729. The maximum atomic E-state index is 12.9. The van der Waals surface area contributed by atoms with Gasteiger partial charge >= 0.3 is 0 Å². The normalized spacial score (nSPS) is 19.4. The van der Waals surface area contributed by atoms with Crippen molar-refractivity contribution in [2.24, 2.45) is 0 Å². The third kappa shape index (κ3) is 5.62.